The number of allylic oxidation sites excluding steroid dienone is 1. The first-order valence-electron chi connectivity index (χ1n) is 10.5. The fourth-order valence-corrected chi connectivity index (χ4v) is 4.92. The van der Waals surface area contributed by atoms with Gasteiger partial charge in [-0.3, -0.25) is 0 Å². The van der Waals surface area contributed by atoms with E-state index in [1.54, 1.807) is 19.2 Å². The molecule has 0 radical (unpaired) electrons. The molecule has 0 saturated carbocycles. The van der Waals surface area contributed by atoms with E-state index < -0.39 is 5.92 Å². The third-order valence-electron chi connectivity index (χ3n) is 5.81. The summed E-state index contributed by atoms with van der Waals surface area (Å²) in [4.78, 5) is 0. The van der Waals surface area contributed by atoms with Crippen molar-refractivity contribution in [2.24, 2.45) is 5.73 Å². The van der Waals surface area contributed by atoms with Gasteiger partial charge in [0.25, 0.3) is 0 Å². The van der Waals surface area contributed by atoms with Crippen molar-refractivity contribution in [1.29, 1.82) is 10.5 Å². The Kier molecular flexibility index (Phi) is 6.01. The van der Waals surface area contributed by atoms with Crippen molar-refractivity contribution in [3.05, 3.63) is 85.8 Å². The van der Waals surface area contributed by atoms with Gasteiger partial charge in [0.1, 0.15) is 24.0 Å². The number of ether oxygens (including phenoxy) is 5. The van der Waals surface area contributed by atoms with Crippen LogP contribution in [0.5, 0.6) is 28.7 Å². The number of hydrogen-bond acceptors (Lipinski definition) is 8. The molecule has 9 heteroatoms. The Morgan fingerprint density at radius 2 is 1.83 bits per heavy atom. The summed E-state index contributed by atoms with van der Waals surface area (Å²) < 4.78 is 29.3. The number of rotatable bonds is 5. The molecule has 2 aliphatic rings. The minimum Gasteiger partial charge on any atom is -0.493 e. The highest BCUT2D eigenvalue weighted by Gasteiger charge is 2.34. The van der Waals surface area contributed by atoms with Crippen molar-refractivity contribution in [3.63, 3.8) is 0 Å². The maximum absolute atomic E-state index is 9.91. The van der Waals surface area contributed by atoms with Crippen LogP contribution in [0.25, 0.3) is 0 Å². The molecule has 2 aliphatic heterocycles. The summed E-state index contributed by atoms with van der Waals surface area (Å²) in [5.74, 6) is 2.19. The molecule has 2 heterocycles. The molecule has 2 N–H and O–H groups in total. The monoisotopic (exact) mass is 579 g/mol. The molecule has 1 atom stereocenters. The molecule has 0 aromatic heterocycles. The van der Waals surface area contributed by atoms with Gasteiger partial charge in [-0.25, -0.2) is 0 Å². The highest BCUT2D eigenvalue weighted by Crippen LogP contribution is 2.49. The van der Waals surface area contributed by atoms with Crippen LogP contribution in [0.15, 0.2) is 60.0 Å². The number of hydrogen-bond donors (Lipinski definition) is 1. The number of nitrogens with zero attached hydrogens (tertiary/aromatic N) is 2. The summed E-state index contributed by atoms with van der Waals surface area (Å²) in [7, 11) is 1.55. The van der Waals surface area contributed by atoms with E-state index in [1.165, 1.54) is 0 Å². The van der Waals surface area contributed by atoms with Crippen molar-refractivity contribution in [1.82, 2.24) is 0 Å². The molecule has 5 rings (SSSR count). The minimum atomic E-state index is -0.506. The van der Waals surface area contributed by atoms with E-state index in [9.17, 15) is 10.5 Å². The molecular formula is C26H18IN3O5. The van der Waals surface area contributed by atoms with Gasteiger partial charge >= 0.3 is 0 Å². The highest BCUT2D eigenvalue weighted by atomic mass is 127. The van der Waals surface area contributed by atoms with Crippen molar-refractivity contribution in [2.45, 2.75) is 12.5 Å². The summed E-state index contributed by atoms with van der Waals surface area (Å²) in [6.45, 7) is 0.318. The number of nitriles is 2. The van der Waals surface area contributed by atoms with E-state index in [1.807, 2.05) is 36.4 Å². The summed E-state index contributed by atoms with van der Waals surface area (Å²) in [6.07, 6.45) is 0. The Hall–Kier alpha value is -4.09. The summed E-state index contributed by atoms with van der Waals surface area (Å²) in [5, 5.41) is 19.3. The fraction of sp³-hybridized carbons (Fsp3) is 0.154. The van der Waals surface area contributed by atoms with Gasteiger partial charge < -0.3 is 29.4 Å². The van der Waals surface area contributed by atoms with Crippen LogP contribution in [0.1, 0.15) is 28.2 Å². The molecule has 0 fully saturated rings. The van der Waals surface area contributed by atoms with Gasteiger partial charge in [-0.1, -0.05) is 18.2 Å². The Morgan fingerprint density at radius 3 is 2.57 bits per heavy atom. The molecule has 3 aromatic carbocycles. The lowest BCUT2D eigenvalue weighted by atomic mass is 9.83. The second-order valence-corrected chi connectivity index (χ2v) is 8.92. The third-order valence-corrected chi connectivity index (χ3v) is 6.61. The molecule has 8 nitrogen and oxygen atoms in total. The van der Waals surface area contributed by atoms with Crippen LogP contribution < -0.4 is 29.4 Å². The number of halogens is 1. The lowest BCUT2D eigenvalue weighted by Gasteiger charge is -2.27. The van der Waals surface area contributed by atoms with E-state index in [0.717, 1.165) is 20.3 Å². The van der Waals surface area contributed by atoms with Gasteiger partial charge in [0.15, 0.2) is 23.0 Å². The van der Waals surface area contributed by atoms with Crippen molar-refractivity contribution < 1.29 is 23.7 Å². The van der Waals surface area contributed by atoms with Crippen LogP contribution >= 0.6 is 22.6 Å². The zero-order valence-electron chi connectivity index (χ0n) is 18.5. The van der Waals surface area contributed by atoms with Gasteiger partial charge in [-0.05, 0) is 52.4 Å². The average molecular weight is 579 g/mol. The quantitative estimate of drug-likeness (QED) is 0.433. The predicted octanol–water partition coefficient (Wildman–Crippen LogP) is 4.70. The predicted molar refractivity (Wildman–Crippen MR) is 133 cm³/mol. The standard InChI is InChI=1S/C26H18IN3O5/c1-31-23-7-16(6-19(27)25(23)32-12-15-5-3-2-4-14(15)10-28)24-17-8-21-22(34-13-33-21)9-20(17)35-26(30)18(24)11-29/h2-9,24H,12-13,30H2,1H3/t24-/m0/s1. The average Bonchev–Trinajstić information content (AvgIpc) is 3.33. The van der Waals surface area contributed by atoms with Crippen LogP contribution in [0, 0.1) is 26.2 Å². The normalized spacial score (nSPS) is 15.5. The molecule has 0 amide bonds. The van der Waals surface area contributed by atoms with Gasteiger partial charge in [0.2, 0.25) is 12.7 Å². The van der Waals surface area contributed by atoms with E-state index in [-0.39, 0.29) is 24.9 Å². The smallest absolute Gasteiger partial charge is 0.231 e. The lowest BCUT2D eigenvalue weighted by molar-refractivity contribution is 0.174. The van der Waals surface area contributed by atoms with E-state index in [4.69, 9.17) is 29.4 Å². The molecule has 0 unspecified atom stereocenters. The Balaban J connectivity index is 1.56. The lowest BCUT2D eigenvalue weighted by Crippen LogP contribution is -2.21. The molecule has 3 aromatic rings. The molecule has 0 saturated heterocycles. The maximum Gasteiger partial charge on any atom is 0.231 e. The van der Waals surface area contributed by atoms with Crippen molar-refractivity contribution >= 4 is 22.6 Å². The summed E-state index contributed by atoms with van der Waals surface area (Å²) in [5.41, 5.74) is 9.25. The van der Waals surface area contributed by atoms with Crippen LogP contribution in [-0.2, 0) is 6.61 Å². The maximum atomic E-state index is 9.91. The summed E-state index contributed by atoms with van der Waals surface area (Å²) in [6, 6.07) is 18.9. The first kappa shape index (κ1) is 22.7. The Morgan fingerprint density at radius 1 is 1.06 bits per heavy atom. The SMILES string of the molecule is COc1cc([C@@H]2C(C#N)=C(N)Oc3cc4c(cc32)OCO4)cc(I)c1OCc1ccccc1C#N. The fourth-order valence-electron chi connectivity index (χ4n) is 4.14. The minimum absolute atomic E-state index is 0.0336. The largest absolute Gasteiger partial charge is 0.493 e. The molecule has 0 bridgehead atoms. The number of nitrogens with two attached hydrogens (primary N) is 1. The third kappa shape index (κ3) is 4.04. The van der Waals surface area contributed by atoms with Gasteiger partial charge in [0, 0.05) is 17.2 Å². The van der Waals surface area contributed by atoms with Gasteiger partial charge in [0.05, 0.1) is 28.2 Å². The van der Waals surface area contributed by atoms with Crippen LogP contribution in [0.2, 0.25) is 0 Å². The second kappa shape index (κ2) is 9.28. The zero-order chi connectivity index (χ0) is 24.5. The first-order chi connectivity index (χ1) is 17.0. The van der Waals surface area contributed by atoms with Gasteiger partial charge in [-0.2, -0.15) is 10.5 Å². The number of fused-ring (bicyclic) bond motifs is 2. The topological polar surface area (TPSA) is 120 Å². The van der Waals surface area contributed by atoms with Crippen molar-refractivity contribution in [2.75, 3.05) is 13.9 Å². The first-order valence-corrected chi connectivity index (χ1v) is 11.6. The molecule has 174 valence electrons. The molecule has 0 spiro atoms. The van der Waals surface area contributed by atoms with E-state index >= 15 is 0 Å². The molecule has 35 heavy (non-hydrogen) atoms. The Bertz CT molecular complexity index is 1450. The van der Waals surface area contributed by atoms with Crippen LogP contribution in [0.4, 0.5) is 0 Å². The second-order valence-electron chi connectivity index (χ2n) is 7.76. The number of benzene rings is 3. The summed E-state index contributed by atoms with van der Waals surface area (Å²) >= 11 is 2.17. The molecular weight excluding hydrogens is 561 g/mol. The number of methoxy groups -OCH3 is 1. The van der Waals surface area contributed by atoms with Gasteiger partial charge in [-0.15, -0.1) is 0 Å². The zero-order valence-corrected chi connectivity index (χ0v) is 20.7. The molecule has 0 aliphatic carbocycles. The van der Waals surface area contributed by atoms with E-state index in [0.29, 0.717) is 34.3 Å². The Labute approximate surface area is 215 Å². The van der Waals surface area contributed by atoms with E-state index in [2.05, 4.69) is 34.7 Å². The highest BCUT2D eigenvalue weighted by molar-refractivity contribution is 14.1. The van der Waals surface area contributed by atoms with Crippen LogP contribution in [-0.4, -0.2) is 13.9 Å². The van der Waals surface area contributed by atoms with Crippen molar-refractivity contribution in [3.8, 4) is 40.9 Å². The van der Waals surface area contributed by atoms with Crippen LogP contribution in [0.3, 0.4) is 0 Å².